The topological polar surface area (TPSA) is 17.8 Å². The molecule has 0 saturated heterocycles. The first kappa shape index (κ1) is 9.75. The van der Waals surface area contributed by atoms with Crippen LogP contribution in [0.2, 0.25) is 0 Å². The highest BCUT2D eigenvalue weighted by Crippen LogP contribution is 2.31. The Bertz CT molecular complexity index is 327. The lowest BCUT2D eigenvalue weighted by molar-refractivity contribution is 0.554. The molecule has 1 heterocycles. The molecule has 2 rings (SSSR count). The Hall–Kier alpha value is -0.790. The number of aromatic nitrogens is 2. The maximum atomic E-state index is 4.57. The van der Waals surface area contributed by atoms with Crippen LogP contribution in [0.1, 0.15) is 44.9 Å². The van der Waals surface area contributed by atoms with Gasteiger partial charge in [0, 0.05) is 12.7 Å². The van der Waals surface area contributed by atoms with E-state index in [1.54, 1.807) is 0 Å². The molecular weight excluding hydrogens is 172 g/mol. The SMILES string of the molecule is Cc1nn(CC2CC2)cc1C(C)(C)C. The highest BCUT2D eigenvalue weighted by Gasteiger charge is 2.24. The first-order valence-corrected chi connectivity index (χ1v) is 5.51. The quantitative estimate of drug-likeness (QED) is 0.704. The van der Waals surface area contributed by atoms with Gasteiger partial charge in [-0.3, -0.25) is 4.68 Å². The molecule has 0 amide bonds. The minimum atomic E-state index is 0.228. The fourth-order valence-corrected chi connectivity index (χ4v) is 1.91. The van der Waals surface area contributed by atoms with Crippen LogP contribution in [0.3, 0.4) is 0 Å². The largest absolute Gasteiger partial charge is 0.272 e. The standard InChI is InChI=1S/C12H20N2/c1-9-11(12(2,3)4)8-14(13-9)7-10-5-6-10/h8,10H,5-7H2,1-4H3. The summed E-state index contributed by atoms with van der Waals surface area (Å²) in [6.07, 6.45) is 5.02. The maximum Gasteiger partial charge on any atom is 0.0631 e. The minimum absolute atomic E-state index is 0.228. The Labute approximate surface area is 86.3 Å². The molecule has 0 bridgehead atoms. The van der Waals surface area contributed by atoms with Crippen LogP contribution in [0.5, 0.6) is 0 Å². The van der Waals surface area contributed by atoms with Crippen LogP contribution in [0.15, 0.2) is 6.20 Å². The Kier molecular flexibility index (Phi) is 2.17. The van der Waals surface area contributed by atoms with Gasteiger partial charge in [0.05, 0.1) is 5.69 Å². The third kappa shape index (κ3) is 1.99. The highest BCUT2D eigenvalue weighted by molar-refractivity contribution is 5.23. The van der Waals surface area contributed by atoms with Crippen LogP contribution in [0.25, 0.3) is 0 Å². The molecule has 0 spiro atoms. The maximum absolute atomic E-state index is 4.57. The van der Waals surface area contributed by atoms with Crippen molar-refractivity contribution in [1.82, 2.24) is 9.78 Å². The van der Waals surface area contributed by atoms with Crippen molar-refractivity contribution in [3.8, 4) is 0 Å². The van der Waals surface area contributed by atoms with E-state index in [0.29, 0.717) is 0 Å². The van der Waals surface area contributed by atoms with Crippen LogP contribution in [-0.2, 0) is 12.0 Å². The third-order valence-corrected chi connectivity index (χ3v) is 2.90. The second-order valence-corrected chi connectivity index (χ2v) is 5.54. The fraction of sp³-hybridized carbons (Fsp3) is 0.750. The number of nitrogens with zero attached hydrogens (tertiary/aromatic N) is 2. The number of hydrogen-bond donors (Lipinski definition) is 0. The van der Waals surface area contributed by atoms with Crippen LogP contribution in [0.4, 0.5) is 0 Å². The summed E-state index contributed by atoms with van der Waals surface area (Å²) in [4.78, 5) is 0. The molecule has 0 aromatic carbocycles. The van der Waals surface area contributed by atoms with Gasteiger partial charge in [0.25, 0.3) is 0 Å². The van der Waals surface area contributed by atoms with Gasteiger partial charge < -0.3 is 0 Å². The van der Waals surface area contributed by atoms with Gasteiger partial charge in [0.2, 0.25) is 0 Å². The van der Waals surface area contributed by atoms with Gasteiger partial charge in [-0.1, -0.05) is 20.8 Å². The van der Waals surface area contributed by atoms with Crippen molar-refractivity contribution < 1.29 is 0 Å². The summed E-state index contributed by atoms with van der Waals surface area (Å²) >= 11 is 0. The first-order chi connectivity index (χ1) is 6.47. The van der Waals surface area contributed by atoms with E-state index < -0.39 is 0 Å². The Balaban J connectivity index is 2.19. The summed E-state index contributed by atoms with van der Waals surface area (Å²) in [6, 6.07) is 0. The van der Waals surface area contributed by atoms with E-state index in [1.165, 1.54) is 24.1 Å². The van der Waals surface area contributed by atoms with Crippen molar-refractivity contribution in [3.05, 3.63) is 17.5 Å². The number of aryl methyl sites for hydroxylation is 1. The molecule has 0 radical (unpaired) electrons. The molecule has 2 heteroatoms. The molecule has 2 nitrogen and oxygen atoms in total. The van der Waals surface area contributed by atoms with Crippen molar-refractivity contribution in [1.29, 1.82) is 0 Å². The van der Waals surface area contributed by atoms with Crippen molar-refractivity contribution in [3.63, 3.8) is 0 Å². The van der Waals surface area contributed by atoms with Crippen LogP contribution in [-0.4, -0.2) is 9.78 Å². The van der Waals surface area contributed by atoms with E-state index in [9.17, 15) is 0 Å². The lowest BCUT2D eigenvalue weighted by atomic mass is 9.88. The summed E-state index contributed by atoms with van der Waals surface area (Å²) in [6.45, 7) is 9.98. The van der Waals surface area contributed by atoms with Gasteiger partial charge in [-0.25, -0.2) is 0 Å². The molecule has 78 valence electrons. The lowest BCUT2D eigenvalue weighted by Crippen LogP contribution is -2.11. The molecule has 0 aliphatic heterocycles. The molecule has 0 atom stereocenters. The molecule has 1 saturated carbocycles. The van der Waals surface area contributed by atoms with Gasteiger partial charge in [-0.05, 0) is 36.7 Å². The predicted octanol–water partition coefficient (Wildman–Crippen LogP) is 2.90. The number of rotatable bonds is 2. The van der Waals surface area contributed by atoms with Gasteiger partial charge in [0.1, 0.15) is 0 Å². The van der Waals surface area contributed by atoms with Crippen LogP contribution < -0.4 is 0 Å². The smallest absolute Gasteiger partial charge is 0.0631 e. The lowest BCUT2D eigenvalue weighted by Gasteiger charge is -2.16. The molecule has 1 aromatic rings. The van der Waals surface area contributed by atoms with E-state index in [4.69, 9.17) is 0 Å². The van der Waals surface area contributed by atoms with Crippen molar-refractivity contribution >= 4 is 0 Å². The summed E-state index contributed by atoms with van der Waals surface area (Å²) in [7, 11) is 0. The number of hydrogen-bond acceptors (Lipinski definition) is 1. The molecule has 14 heavy (non-hydrogen) atoms. The minimum Gasteiger partial charge on any atom is -0.272 e. The normalized spacial score (nSPS) is 17.4. The van der Waals surface area contributed by atoms with E-state index in [0.717, 1.165) is 12.5 Å². The summed E-state index contributed by atoms with van der Waals surface area (Å²) < 4.78 is 2.13. The average Bonchev–Trinajstić information content (AvgIpc) is 2.73. The van der Waals surface area contributed by atoms with Crippen LogP contribution in [0, 0.1) is 12.8 Å². The van der Waals surface area contributed by atoms with Crippen LogP contribution >= 0.6 is 0 Å². The molecule has 1 aromatic heterocycles. The monoisotopic (exact) mass is 192 g/mol. The Morgan fingerprint density at radius 1 is 1.43 bits per heavy atom. The average molecular weight is 192 g/mol. The van der Waals surface area contributed by atoms with Gasteiger partial charge in [-0.15, -0.1) is 0 Å². The first-order valence-electron chi connectivity index (χ1n) is 5.51. The highest BCUT2D eigenvalue weighted by atomic mass is 15.3. The Morgan fingerprint density at radius 3 is 2.50 bits per heavy atom. The molecule has 1 aliphatic carbocycles. The molecule has 1 fully saturated rings. The Morgan fingerprint density at radius 2 is 2.07 bits per heavy atom. The van der Waals surface area contributed by atoms with E-state index in [2.05, 4.69) is 43.7 Å². The zero-order valence-corrected chi connectivity index (χ0v) is 9.67. The zero-order valence-electron chi connectivity index (χ0n) is 9.67. The van der Waals surface area contributed by atoms with Crippen molar-refractivity contribution in [2.24, 2.45) is 5.92 Å². The van der Waals surface area contributed by atoms with Gasteiger partial charge in [-0.2, -0.15) is 5.10 Å². The van der Waals surface area contributed by atoms with Crippen molar-refractivity contribution in [2.75, 3.05) is 0 Å². The molecular formula is C12H20N2. The van der Waals surface area contributed by atoms with Gasteiger partial charge >= 0.3 is 0 Å². The second-order valence-electron chi connectivity index (χ2n) is 5.54. The van der Waals surface area contributed by atoms with E-state index in [-0.39, 0.29) is 5.41 Å². The van der Waals surface area contributed by atoms with E-state index >= 15 is 0 Å². The van der Waals surface area contributed by atoms with Crippen molar-refractivity contribution in [2.45, 2.75) is 52.5 Å². The molecule has 0 N–H and O–H groups in total. The van der Waals surface area contributed by atoms with Gasteiger partial charge in [0.15, 0.2) is 0 Å². The third-order valence-electron chi connectivity index (χ3n) is 2.90. The summed E-state index contributed by atoms with van der Waals surface area (Å²) in [5, 5.41) is 4.57. The summed E-state index contributed by atoms with van der Waals surface area (Å²) in [5.74, 6) is 0.905. The zero-order chi connectivity index (χ0) is 10.3. The second kappa shape index (κ2) is 3.11. The molecule has 1 aliphatic rings. The fourth-order valence-electron chi connectivity index (χ4n) is 1.91. The molecule has 0 unspecified atom stereocenters. The van der Waals surface area contributed by atoms with E-state index in [1.807, 2.05) is 0 Å². The predicted molar refractivity (Wildman–Crippen MR) is 58.4 cm³/mol. The summed E-state index contributed by atoms with van der Waals surface area (Å²) in [5.41, 5.74) is 2.81.